The van der Waals surface area contributed by atoms with Gasteiger partial charge in [-0.2, -0.15) is 5.10 Å². The van der Waals surface area contributed by atoms with Crippen LogP contribution in [0.25, 0.3) is 0 Å². The number of carbonyl (C=O) groups is 1. The maximum Gasteiger partial charge on any atom is 0.357 e. The van der Waals surface area contributed by atoms with E-state index in [2.05, 4.69) is 10.1 Å². The maximum absolute atomic E-state index is 12.1. The number of hydrogen-bond acceptors (Lipinski definition) is 4. The molecule has 0 atom stereocenters. The Morgan fingerprint density at radius 1 is 1.38 bits per heavy atom. The molecular formula is C14H19ClN4O2. The number of esters is 1. The van der Waals surface area contributed by atoms with E-state index in [1.807, 2.05) is 20.8 Å². The Kier molecular flexibility index (Phi) is 4.09. The van der Waals surface area contributed by atoms with E-state index in [4.69, 9.17) is 16.3 Å². The SMILES string of the molecule is Cn1nc(C(C)(C)C)cc1C(=O)OCc1ncc(Cl)n1C. The van der Waals surface area contributed by atoms with E-state index in [0.29, 0.717) is 16.7 Å². The molecular weight excluding hydrogens is 292 g/mol. The van der Waals surface area contributed by atoms with Crippen molar-refractivity contribution in [1.82, 2.24) is 19.3 Å². The molecule has 0 aliphatic rings. The highest BCUT2D eigenvalue weighted by Crippen LogP contribution is 2.21. The minimum atomic E-state index is -0.431. The second-order valence-corrected chi connectivity index (χ2v) is 6.31. The van der Waals surface area contributed by atoms with Crippen LogP contribution in [0.5, 0.6) is 0 Å². The van der Waals surface area contributed by atoms with Gasteiger partial charge in [0.25, 0.3) is 0 Å². The van der Waals surface area contributed by atoms with Crippen LogP contribution in [0.4, 0.5) is 0 Å². The maximum atomic E-state index is 12.1. The van der Waals surface area contributed by atoms with Gasteiger partial charge < -0.3 is 9.30 Å². The van der Waals surface area contributed by atoms with Crippen LogP contribution in [0.2, 0.25) is 5.15 Å². The summed E-state index contributed by atoms with van der Waals surface area (Å²) in [5.41, 5.74) is 1.14. The normalized spacial score (nSPS) is 11.7. The Bertz CT molecular complexity index is 667. The summed E-state index contributed by atoms with van der Waals surface area (Å²) in [4.78, 5) is 16.2. The van der Waals surface area contributed by atoms with Gasteiger partial charge in [-0.05, 0) is 6.07 Å². The van der Waals surface area contributed by atoms with Crippen molar-refractivity contribution in [1.29, 1.82) is 0 Å². The van der Waals surface area contributed by atoms with E-state index in [1.54, 1.807) is 24.7 Å². The van der Waals surface area contributed by atoms with Gasteiger partial charge in [0.1, 0.15) is 23.3 Å². The zero-order valence-corrected chi connectivity index (χ0v) is 13.6. The number of carbonyl (C=O) groups excluding carboxylic acids is 1. The third kappa shape index (κ3) is 3.26. The van der Waals surface area contributed by atoms with Crippen LogP contribution in [-0.2, 0) is 30.9 Å². The molecule has 0 radical (unpaired) electrons. The van der Waals surface area contributed by atoms with Crippen molar-refractivity contribution in [2.24, 2.45) is 14.1 Å². The molecule has 0 saturated carbocycles. The van der Waals surface area contributed by atoms with Crippen LogP contribution >= 0.6 is 11.6 Å². The second kappa shape index (κ2) is 5.52. The molecule has 0 aliphatic carbocycles. The van der Waals surface area contributed by atoms with Crippen LogP contribution < -0.4 is 0 Å². The average molecular weight is 311 g/mol. The molecule has 0 amide bonds. The van der Waals surface area contributed by atoms with Gasteiger partial charge in [0.2, 0.25) is 0 Å². The van der Waals surface area contributed by atoms with Gasteiger partial charge in [0.05, 0.1) is 11.9 Å². The van der Waals surface area contributed by atoms with Gasteiger partial charge in [0.15, 0.2) is 0 Å². The quantitative estimate of drug-likeness (QED) is 0.817. The summed E-state index contributed by atoms with van der Waals surface area (Å²) in [6.45, 7) is 6.19. The highest BCUT2D eigenvalue weighted by molar-refractivity contribution is 6.29. The van der Waals surface area contributed by atoms with Gasteiger partial charge in [-0.25, -0.2) is 9.78 Å². The lowest BCUT2D eigenvalue weighted by atomic mass is 9.92. The zero-order chi connectivity index (χ0) is 15.8. The third-order valence-corrected chi connectivity index (χ3v) is 3.57. The first kappa shape index (κ1) is 15.6. The fourth-order valence-electron chi connectivity index (χ4n) is 1.79. The summed E-state index contributed by atoms with van der Waals surface area (Å²) in [6.07, 6.45) is 1.52. The highest BCUT2D eigenvalue weighted by atomic mass is 35.5. The summed E-state index contributed by atoms with van der Waals surface area (Å²) in [5.74, 6) is 0.159. The number of imidazole rings is 1. The molecule has 0 fully saturated rings. The van der Waals surface area contributed by atoms with Crippen molar-refractivity contribution >= 4 is 17.6 Å². The molecule has 2 rings (SSSR count). The first-order chi connectivity index (χ1) is 9.70. The lowest BCUT2D eigenvalue weighted by Crippen LogP contribution is -2.12. The largest absolute Gasteiger partial charge is 0.453 e. The molecule has 0 aromatic carbocycles. The predicted molar refractivity (Wildman–Crippen MR) is 79.2 cm³/mol. The minimum Gasteiger partial charge on any atom is -0.453 e. The molecule has 2 heterocycles. The molecule has 0 aliphatic heterocycles. The van der Waals surface area contributed by atoms with Gasteiger partial charge in [0, 0.05) is 19.5 Å². The smallest absolute Gasteiger partial charge is 0.357 e. The van der Waals surface area contributed by atoms with Crippen LogP contribution in [0.1, 0.15) is 42.8 Å². The summed E-state index contributed by atoms with van der Waals surface area (Å²) in [6, 6.07) is 1.76. The van der Waals surface area contributed by atoms with Crippen molar-refractivity contribution in [3.05, 3.63) is 34.6 Å². The number of rotatable bonds is 3. The molecule has 114 valence electrons. The van der Waals surface area contributed by atoms with Gasteiger partial charge in [-0.1, -0.05) is 32.4 Å². The summed E-state index contributed by atoms with van der Waals surface area (Å²) >= 11 is 5.89. The van der Waals surface area contributed by atoms with E-state index in [9.17, 15) is 4.79 Å². The Morgan fingerprint density at radius 3 is 2.52 bits per heavy atom. The number of ether oxygens (including phenoxy) is 1. The molecule has 0 saturated heterocycles. The van der Waals surface area contributed by atoms with E-state index in [1.165, 1.54) is 10.9 Å². The van der Waals surface area contributed by atoms with E-state index in [0.717, 1.165) is 5.69 Å². The number of halogens is 1. The van der Waals surface area contributed by atoms with Gasteiger partial charge >= 0.3 is 5.97 Å². The predicted octanol–water partition coefficient (Wildman–Crippen LogP) is 2.46. The Labute approximate surface area is 128 Å². The summed E-state index contributed by atoms with van der Waals surface area (Å²) < 4.78 is 8.47. The van der Waals surface area contributed by atoms with E-state index >= 15 is 0 Å². The third-order valence-electron chi connectivity index (χ3n) is 3.22. The van der Waals surface area contributed by atoms with Crippen molar-refractivity contribution < 1.29 is 9.53 Å². The van der Waals surface area contributed by atoms with Crippen LogP contribution in [0.15, 0.2) is 12.3 Å². The molecule has 0 spiro atoms. The molecule has 2 aromatic heterocycles. The zero-order valence-electron chi connectivity index (χ0n) is 12.8. The fraction of sp³-hybridized carbons (Fsp3) is 0.500. The second-order valence-electron chi connectivity index (χ2n) is 5.92. The van der Waals surface area contributed by atoms with E-state index < -0.39 is 5.97 Å². The van der Waals surface area contributed by atoms with Gasteiger partial charge in [-0.3, -0.25) is 4.68 Å². The molecule has 7 heteroatoms. The van der Waals surface area contributed by atoms with E-state index in [-0.39, 0.29) is 12.0 Å². The minimum absolute atomic E-state index is 0.0675. The first-order valence-corrected chi connectivity index (χ1v) is 6.95. The first-order valence-electron chi connectivity index (χ1n) is 6.58. The van der Waals surface area contributed by atoms with Crippen LogP contribution in [0.3, 0.4) is 0 Å². The van der Waals surface area contributed by atoms with Crippen LogP contribution in [-0.4, -0.2) is 25.3 Å². The Balaban J connectivity index is 2.11. The Morgan fingerprint density at radius 2 is 2.05 bits per heavy atom. The number of aromatic nitrogens is 4. The standard InChI is InChI=1S/C14H19ClN4O2/c1-14(2,3)10-6-9(19(5)17-10)13(20)21-8-12-16-7-11(15)18(12)4/h6-7H,8H2,1-5H3. The highest BCUT2D eigenvalue weighted by Gasteiger charge is 2.22. The molecule has 2 aromatic rings. The lowest BCUT2D eigenvalue weighted by molar-refractivity contribution is 0.0446. The monoisotopic (exact) mass is 310 g/mol. The van der Waals surface area contributed by atoms with Crippen LogP contribution in [0, 0.1) is 0 Å². The lowest BCUT2D eigenvalue weighted by Gasteiger charge is -2.13. The topological polar surface area (TPSA) is 61.9 Å². The van der Waals surface area contributed by atoms with Crippen molar-refractivity contribution in [3.8, 4) is 0 Å². The summed E-state index contributed by atoms with van der Waals surface area (Å²) in [5, 5.41) is 4.85. The average Bonchev–Trinajstić information content (AvgIpc) is 2.92. The molecule has 0 unspecified atom stereocenters. The molecule has 0 N–H and O–H groups in total. The van der Waals surface area contributed by atoms with Gasteiger partial charge in [-0.15, -0.1) is 0 Å². The van der Waals surface area contributed by atoms with Crippen molar-refractivity contribution in [2.45, 2.75) is 32.8 Å². The molecule has 21 heavy (non-hydrogen) atoms. The number of hydrogen-bond donors (Lipinski definition) is 0. The van der Waals surface area contributed by atoms with Crippen molar-refractivity contribution in [2.75, 3.05) is 0 Å². The number of aryl methyl sites for hydroxylation is 1. The molecule has 6 nitrogen and oxygen atoms in total. The summed E-state index contributed by atoms with van der Waals surface area (Å²) in [7, 11) is 3.49. The molecule has 0 bridgehead atoms. The fourth-order valence-corrected chi connectivity index (χ4v) is 1.93. The van der Waals surface area contributed by atoms with Crippen molar-refractivity contribution in [3.63, 3.8) is 0 Å². The number of nitrogens with zero attached hydrogens (tertiary/aromatic N) is 4. The Hall–Kier alpha value is -1.82.